The second-order valence-electron chi connectivity index (χ2n) is 6.99. The largest absolute Gasteiger partial charge is 0.466 e. The molecule has 0 amide bonds. The maximum atomic E-state index is 11.6. The van der Waals surface area contributed by atoms with Crippen LogP contribution in [-0.2, 0) is 16.0 Å². The van der Waals surface area contributed by atoms with Crippen molar-refractivity contribution in [1.29, 1.82) is 0 Å². The number of rotatable bonds is 8. The molecule has 0 saturated heterocycles. The summed E-state index contributed by atoms with van der Waals surface area (Å²) in [6, 6.07) is 0. The van der Waals surface area contributed by atoms with Gasteiger partial charge in [-0.3, -0.25) is 4.79 Å². The Balaban J connectivity index is 2.22. The average Bonchev–Trinajstić information content (AvgIpc) is 2.86. The molecule has 2 aromatic rings. The van der Waals surface area contributed by atoms with E-state index in [-0.39, 0.29) is 13.0 Å². The van der Waals surface area contributed by atoms with E-state index in [0.717, 1.165) is 16.6 Å². The molecular formula is C18H27N3O3S. The van der Waals surface area contributed by atoms with Crippen molar-refractivity contribution in [2.45, 2.75) is 53.1 Å². The van der Waals surface area contributed by atoms with Crippen LogP contribution in [0.4, 0.5) is 5.82 Å². The first kappa shape index (κ1) is 19.6. The average molecular weight is 365 g/mol. The molecule has 0 unspecified atom stereocenters. The zero-order valence-corrected chi connectivity index (χ0v) is 16.4. The van der Waals surface area contributed by atoms with Gasteiger partial charge in [0.1, 0.15) is 16.5 Å². The maximum Gasteiger partial charge on any atom is 0.308 e. The van der Waals surface area contributed by atoms with Gasteiger partial charge in [0.2, 0.25) is 0 Å². The summed E-state index contributed by atoms with van der Waals surface area (Å²) in [5, 5.41) is 16.8. The third kappa shape index (κ3) is 5.37. The van der Waals surface area contributed by atoms with E-state index in [1.807, 2.05) is 6.92 Å². The molecule has 2 N–H and O–H groups in total. The number of nitrogens with zero attached hydrogens (tertiary/aromatic N) is 2. The summed E-state index contributed by atoms with van der Waals surface area (Å²) in [6.07, 6.45) is 0.879. The molecule has 0 aliphatic heterocycles. The van der Waals surface area contributed by atoms with E-state index >= 15 is 0 Å². The van der Waals surface area contributed by atoms with E-state index in [2.05, 4.69) is 34.5 Å². The first-order valence-electron chi connectivity index (χ1n) is 8.58. The number of aryl methyl sites for hydroxylation is 1. The number of esters is 1. The Kier molecular flexibility index (Phi) is 6.35. The summed E-state index contributed by atoms with van der Waals surface area (Å²) < 4.78 is 4.92. The van der Waals surface area contributed by atoms with Gasteiger partial charge in [0.25, 0.3) is 0 Å². The Hall–Kier alpha value is -1.73. The normalized spacial score (nSPS) is 13.9. The van der Waals surface area contributed by atoms with Crippen molar-refractivity contribution in [1.82, 2.24) is 9.97 Å². The molecule has 0 radical (unpaired) electrons. The highest BCUT2D eigenvalue weighted by Gasteiger charge is 2.26. The highest BCUT2D eigenvalue weighted by atomic mass is 32.1. The molecule has 25 heavy (non-hydrogen) atoms. The number of thiophene rings is 1. The Bertz CT molecular complexity index is 740. The second-order valence-corrected chi connectivity index (χ2v) is 7.85. The van der Waals surface area contributed by atoms with E-state index in [1.165, 1.54) is 5.56 Å². The van der Waals surface area contributed by atoms with Crippen LogP contribution in [0, 0.1) is 12.8 Å². The summed E-state index contributed by atoms with van der Waals surface area (Å²) in [6.45, 7) is 10.1. The summed E-state index contributed by atoms with van der Waals surface area (Å²) in [5.74, 6) is 1.51. The third-order valence-corrected chi connectivity index (χ3v) is 4.64. The Morgan fingerprint density at radius 3 is 2.80 bits per heavy atom. The first-order chi connectivity index (χ1) is 11.7. The number of hydrogen-bond acceptors (Lipinski definition) is 7. The number of anilines is 1. The number of aliphatic hydroxyl groups is 1. The molecule has 0 aliphatic carbocycles. The molecule has 138 valence electrons. The van der Waals surface area contributed by atoms with E-state index < -0.39 is 11.6 Å². The number of hydrogen-bond donors (Lipinski definition) is 2. The van der Waals surface area contributed by atoms with Crippen molar-refractivity contribution in [3.05, 3.63) is 16.8 Å². The summed E-state index contributed by atoms with van der Waals surface area (Å²) in [4.78, 5) is 21.6. The van der Waals surface area contributed by atoms with Gasteiger partial charge < -0.3 is 15.2 Å². The standard InChI is InChI=1S/C18H27N3O3S/c1-6-24-14(22)8-18(5,23)10-19-16-15-13(7-11(2)3)9-25-17(15)21-12(4)20-16/h9,11,23H,6-8,10H2,1-5H3,(H,19,20,21)/t18-/m0/s1. The van der Waals surface area contributed by atoms with Gasteiger partial charge in [0.15, 0.2) is 0 Å². The van der Waals surface area contributed by atoms with Crippen LogP contribution in [0.15, 0.2) is 5.38 Å². The fourth-order valence-electron chi connectivity index (χ4n) is 2.68. The predicted molar refractivity (Wildman–Crippen MR) is 101 cm³/mol. The first-order valence-corrected chi connectivity index (χ1v) is 9.46. The van der Waals surface area contributed by atoms with Crippen LogP contribution in [0.2, 0.25) is 0 Å². The predicted octanol–water partition coefficient (Wildman–Crippen LogP) is 3.31. The zero-order chi connectivity index (χ0) is 18.6. The number of carbonyl (C=O) groups is 1. The molecule has 0 bridgehead atoms. The van der Waals surface area contributed by atoms with Gasteiger partial charge in [0.05, 0.1) is 24.0 Å². The van der Waals surface area contributed by atoms with E-state index in [4.69, 9.17) is 4.74 Å². The lowest BCUT2D eigenvalue weighted by atomic mass is 10.0. The van der Waals surface area contributed by atoms with Crippen molar-refractivity contribution < 1.29 is 14.6 Å². The molecule has 0 saturated carbocycles. The third-order valence-electron chi connectivity index (χ3n) is 3.72. The Labute approximate surface area is 152 Å². The van der Waals surface area contributed by atoms with Crippen LogP contribution >= 0.6 is 11.3 Å². The quantitative estimate of drug-likeness (QED) is 0.698. The van der Waals surface area contributed by atoms with Crippen LogP contribution in [0.1, 0.15) is 45.5 Å². The van der Waals surface area contributed by atoms with E-state index in [1.54, 1.807) is 25.2 Å². The van der Waals surface area contributed by atoms with Crippen molar-refractivity contribution in [2.75, 3.05) is 18.5 Å². The van der Waals surface area contributed by atoms with Crippen LogP contribution in [0.5, 0.6) is 0 Å². The molecule has 0 fully saturated rings. The molecule has 2 rings (SSSR count). The van der Waals surface area contributed by atoms with Gasteiger partial charge in [-0.1, -0.05) is 13.8 Å². The van der Waals surface area contributed by atoms with Crippen molar-refractivity contribution in [3.8, 4) is 0 Å². The fraction of sp³-hybridized carbons (Fsp3) is 0.611. The zero-order valence-electron chi connectivity index (χ0n) is 15.5. The summed E-state index contributed by atoms with van der Waals surface area (Å²) in [7, 11) is 0. The topological polar surface area (TPSA) is 84.3 Å². The van der Waals surface area contributed by atoms with Gasteiger partial charge in [-0.25, -0.2) is 9.97 Å². The van der Waals surface area contributed by atoms with Gasteiger partial charge in [-0.15, -0.1) is 11.3 Å². The number of ether oxygens (including phenoxy) is 1. The molecule has 0 aromatic carbocycles. The van der Waals surface area contributed by atoms with Crippen LogP contribution in [0.25, 0.3) is 10.2 Å². The number of carbonyl (C=O) groups excluding carboxylic acids is 1. The summed E-state index contributed by atoms with van der Waals surface area (Å²) >= 11 is 1.61. The minimum Gasteiger partial charge on any atom is -0.466 e. The maximum absolute atomic E-state index is 11.6. The van der Waals surface area contributed by atoms with Gasteiger partial charge in [-0.2, -0.15) is 0 Å². The fourth-order valence-corrected chi connectivity index (χ4v) is 3.68. The molecule has 2 aromatic heterocycles. The van der Waals surface area contributed by atoms with Gasteiger partial charge in [-0.05, 0) is 44.1 Å². The highest BCUT2D eigenvalue weighted by molar-refractivity contribution is 7.17. The molecule has 7 heteroatoms. The van der Waals surface area contributed by atoms with E-state index in [0.29, 0.717) is 24.2 Å². The Morgan fingerprint density at radius 2 is 2.16 bits per heavy atom. The molecule has 0 spiro atoms. The highest BCUT2D eigenvalue weighted by Crippen LogP contribution is 2.32. The lowest BCUT2D eigenvalue weighted by molar-refractivity contribution is -0.147. The van der Waals surface area contributed by atoms with Gasteiger partial charge in [0, 0.05) is 6.54 Å². The molecular weight excluding hydrogens is 338 g/mol. The Morgan fingerprint density at radius 1 is 1.44 bits per heavy atom. The van der Waals surface area contributed by atoms with Crippen molar-refractivity contribution in [2.24, 2.45) is 5.92 Å². The summed E-state index contributed by atoms with van der Waals surface area (Å²) in [5.41, 5.74) is -0.00592. The van der Waals surface area contributed by atoms with Gasteiger partial charge >= 0.3 is 5.97 Å². The SMILES string of the molecule is CCOC(=O)C[C@](C)(O)CNc1nc(C)nc2scc(CC(C)C)c12. The number of nitrogens with one attached hydrogen (secondary N) is 1. The number of aromatic nitrogens is 2. The minimum atomic E-state index is -1.22. The van der Waals surface area contributed by atoms with Crippen molar-refractivity contribution in [3.63, 3.8) is 0 Å². The second kappa shape index (κ2) is 8.10. The smallest absolute Gasteiger partial charge is 0.308 e. The lowest BCUT2D eigenvalue weighted by Gasteiger charge is -2.23. The van der Waals surface area contributed by atoms with Crippen molar-refractivity contribution >= 4 is 33.3 Å². The minimum absolute atomic E-state index is 0.0659. The number of fused-ring (bicyclic) bond motifs is 1. The van der Waals surface area contributed by atoms with Crippen LogP contribution < -0.4 is 5.32 Å². The molecule has 6 nitrogen and oxygen atoms in total. The van der Waals surface area contributed by atoms with E-state index in [9.17, 15) is 9.90 Å². The van der Waals surface area contributed by atoms with Crippen LogP contribution in [-0.4, -0.2) is 39.8 Å². The van der Waals surface area contributed by atoms with Crippen LogP contribution in [0.3, 0.4) is 0 Å². The molecule has 1 atom stereocenters. The lowest BCUT2D eigenvalue weighted by Crippen LogP contribution is -2.36. The molecule has 0 aliphatic rings. The molecule has 2 heterocycles. The monoisotopic (exact) mass is 365 g/mol.